The van der Waals surface area contributed by atoms with E-state index in [1.807, 2.05) is 59.2 Å². The van der Waals surface area contributed by atoms with Crippen LogP contribution in [-0.2, 0) is 12.8 Å². The Balaban J connectivity index is 1.28. The van der Waals surface area contributed by atoms with Gasteiger partial charge in [-0.05, 0) is 52.4 Å². The van der Waals surface area contributed by atoms with Gasteiger partial charge < -0.3 is 5.32 Å². The smallest absolute Gasteiger partial charge is 0.251 e. The number of H-pyrrole nitrogens is 1. The van der Waals surface area contributed by atoms with Gasteiger partial charge in [-0.25, -0.2) is 4.52 Å². The minimum Gasteiger partial charge on any atom is -0.345 e. The van der Waals surface area contributed by atoms with Crippen molar-refractivity contribution in [3.63, 3.8) is 0 Å². The van der Waals surface area contributed by atoms with Crippen molar-refractivity contribution in [2.24, 2.45) is 0 Å². The third-order valence-corrected chi connectivity index (χ3v) is 7.64. The lowest BCUT2D eigenvalue weighted by atomic mass is 9.96. The maximum atomic E-state index is 13.4. The molecule has 2 N–H and O–H groups in total. The Morgan fingerprint density at radius 2 is 1.69 bits per heavy atom. The molecule has 1 atom stereocenters. The van der Waals surface area contributed by atoms with E-state index in [-0.39, 0.29) is 11.9 Å². The van der Waals surface area contributed by atoms with Crippen LogP contribution in [0.2, 0.25) is 0 Å². The van der Waals surface area contributed by atoms with E-state index < -0.39 is 0 Å². The van der Waals surface area contributed by atoms with Crippen LogP contribution in [0.15, 0.2) is 97.2 Å². The van der Waals surface area contributed by atoms with E-state index >= 15 is 0 Å². The standard InChI is InChI=1S/C34H33N7O/c1-3-10-31-29(21-23-15-17-24(18-16-23)27-13-8-9-14-28(27)33-36-39-40-37-33)32-22-26(19-20-41(32)38-31)34(42)35-30(4-2)25-11-6-5-7-12-25/h5-9,11-20,22,30H,3-4,10,21H2,1-2H3,(H,35,42)(H,36,37,39,40). The molecular weight excluding hydrogens is 522 g/mol. The second-order valence-corrected chi connectivity index (χ2v) is 10.4. The average molecular weight is 556 g/mol. The highest BCUT2D eigenvalue weighted by Crippen LogP contribution is 2.31. The van der Waals surface area contributed by atoms with Gasteiger partial charge >= 0.3 is 0 Å². The summed E-state index contributed by atoms with van der Waals surface area (Å²) >= 11 is 0. The second kappa shape index (κ2) is 12.2. The number of fused-ring (bicyclic) bond motifs is 1. The monoisotopic (exact) mass is 555 g/mol. The van der Waals surface area contributed by atoms with Crippen LogP contribution in [0.5, 0.6) is 0 Å². The minimum absolute atomic E-state index is 0.0429. The molecule has 1 unspecified atom stereocenters. The van der Waals surface area contributed by atoms with Gasteiger partial charge in [0, 0.05) is 29.3 Å². The Hall–Kier alpha value is -5.11. The number of hydrogen-bond donors (Lipinski definition) is 2. The van der Waals surface area contributed by atoms with Crippen molar-refractivity contribution in [2.45, 2.75) is 45.6 Å². The van der Waals surface area contributed by atoms with Gasteiger partial charge in [0.2, 0.25) is 5.82 Å². The molecule has 0 aliphatic carbocycles. The van der Waals surface area contributed by atoms with Gasteiger partial charge in [0.05, 0.1) is 17.3 Å². The number of rotatable bonds is 10. The average Bonchev–Trinajstić information content (AvgIpc) is 3.69. The number of aryl methyl sites for hydroxylation is 1. The van der Waals surface area contributed by atoms with Crippen LogP contribution in [0.1, 0.15) is 65.5 Å². The van der Waals surface area contributed by atoms with Gasteiger partial charge in [-0.15, -0.1) is 10.2 Å². The molecular formula is C34H33N7O. The van der Waals surface area contributed by atoms with Gasteiger partial charge in [-0.1, -0.05) is 99.1 Å². The van der Waals surface area contributed by atoms with Crippen LogP contribution in [0.3, 0.4) is 0 Å². The van der Waals surface area contributed by atoms with Gasteiger partial charge in [0.1, 0.15) is 0 Å². The van der Waals surface area contributed by atoms with E-state index in [0.29, 0.717) is 11.4 Å². The number of aromatic nitrogens is 6. The molecule has 0 aliphatic rings. The van der Waals surface area contributed by atoms with Gasteiger partial charge in [-0.2, -0.15) is 10.3 Å². The van der Waals surface area contributed by atoms with Crippen molar-refractivity contribution in [1.82, 2.24) is 35.6 Å². The summed E-state index contributed by atoms with van der Waals surface area (Å²) in [6, 6.07) is 30.5. The van der Waals surface area contributed by atoms with Crippen LogP contribution < -0.4 is 5.32 Å². The first kappa shape index (κ1) is 27.1. The van der Waals surface area contributed by atoms with Crippen LogP contribution >= 0.6 is 0 Å². The van der Waals surface area contributed by atoms with Crippen LogP contribution in [-0.4, -0.2) is 36.1 Å². The van der Waals surface area contributed by atoms with Crippen molar-refractivity contribution in [3.8, 4) is 22.5 Å². The number of benzene rings is 3. The number of tetrazole rings is 1. The first-order valence-electron chi connectivity index (χ1n) is 14.4. The number of amides is 1. The molecule has 8 heteroatoms. The molecule has 42 heavy (non-hydrogen) atoms. The normalized spacial score (nSPS) is 12.0. The number of hydrogen-bond acceptors (Lipinski definition) is 5. The van der Waals surface area contributed by atoms with Gasteiger partial charge in [0.15, 0.2) is 0 Å². The molecule has 0 saturated heterocycles. The van der Waals surface area contributed by atoms with Crippen molar-refractivity contribution in [1.29, 1.82) is 0 Å². The number of carbonyl (C=O) groups is 1. The Morgan fingerprint density at radius 3 is 2.40 bits per heavy atom. The molecule has 3 aromatic carbocycles. The lowest BCUT2D eigenvalue weighted by molar-refractivity contribution is 0.0935. The highest BCUT2D eigenvalue weighted by molar-refractivity contribution is 5.95. The largest absolute Gasteiger partial charge is 0.345 e. The van der Waals surface area contributed by atoms with E-state index in [0.717, 1.165) is 64.7 Å². The molecule has 0 radical (unpaired) electrons. The third-order valence-electron chi connectivity index (χ3n) is 7.64. The summed E-state index contributed by atoms with van der Waals surface area (Å²) in [5.74, 6) is 0.487. The summed E-state index contributed by atoms with van der Waals surface area (Å²) in [4.78, 5) is 13.4. The summed E-state index contributed by atoms with van der Waals surface area (Å²) in [6.07, 6.45) is 5.30. The maximum Gasteiger partial charge on any atom is 0.251 e. The molecule has 0 spiro atoms. The van der Waals surface area contributed by atoms with Crippen molar-refractivity contribution >= 4 is 11.4 Å². The lowest BCUT2D eigenvalue weighted by Crippen LogP contribution is -2.28. The van der Waals surface area contributed by atoms with Crippen LogP contribution in [0.25, 0.3) is 28.0 Å². The van der Waals surface area contributed by atoms with Crippen LogP contribution in [0.4, 0.5) is 0 Å². The van der Waals surface area contributed by atoms with Crippen LogP contribution in [0, 0.1) is 0 Å². The molecule has 6 aromatic rings. The van der Waals surface area contributed by atoms with E-state index in [9.17, 15) is 4.79 Å². The first-order chi connectivity index (χ1) is 20.6. The summed E-state index contributed by atoms with van der Waals surface area (Å²) in [7, 11) is 0. The Kier molecular flexibility index (Phi) is 7.85. The molecule has 0 aliphatic heterocycles. The van der Waals surface area contributed by atoms with E-state index in [2.05, 4.69) is 82.3 Å². The molecule has 3 aromatic heterocycles. The van der Waals surface area contributed by atoms with E-state index in [1.165, 1.54) is 5.56 Å². The van der Waals surface area contributed by atoms with Crippen molar-refractivity contribution in [2.75, 3.05) is 0 Å². The third kappa shape index (κ3) is 5.56. The topological polar surface area (TPSA) is 101 Å². The second-order valence-electron chi connectivity index (χ2n) is 10.4. The van der Waals surface area contributed by atoms with E-state index in [1.54, 1.807) is 0 Å². The quantitative estimate of drug-likeness (QED) is 0.198. The molecule has 0 saturated carbocycles. The molecule has 210 valence electrons. The molecule has 8 nitrogen and oxygen atoms in total. The highest BCUT2D eigenvalue weighted by Gasteiger charge is 2.18. The number of aromatic amines is 1. The Bertz CT molecular complexity index is 1790. The number of carbonyl (C=O) groups excluding carboxylic acids is 1. The number of pyridine rings is 1. The Labute approximate surface area is 244 Å². The predicted octanol–water partition coefficient (Wildman–Crippen LogP) is 6.61. The predicted molar refractivity (Wildman–Crippen MR) is 164 cm³/mol. The zero-order valence-electron chi connectivity index (χ0n) is 23.8. The SMILES string of the molecule is CCCc1nn2ccc(C(=O)NC(CC)c3ccccc3)cc2c1Cc1ccc(-c2ccccc2-c2nn[nH]n2)cc1. The van der Waals surface area contributed by atoms with E-state index in [4.69, 9.17) is 5.10 Å². The summed E-state index contributed by atoms with van der Waals surface area (Å²) in [5.41, 5.74) is 9.15. The minimum atomic E-state index is -0.0815. The van der Waals surface area contributed by atoms with Gasteiger partial charge in [-0.3, -0.25) is 4.79 Å². The molecule has 0 fully saturated rings. The Morgan fingerprint density at radius 1 is 0.929 bits per heavy atom. The number of nitrogens with one attached hydrogen (secondary N) is 2. The summed E-state index contributed by atoms with van der Waals surface area (Å²) < 4.78 is 1.90. The maximum absolute atomic E-state index is 13.4. The fourth-order valence-corrected chi connectivity index (χ4v) is 5.48. The zero-order chi connectivity index (χ0) is 28.9. The highest BCUT2D eigenvalue weighted by atomic mass is 16.1. The molecule has 3 heterocycles. The van der Waals surface area contributed by atoms with Crippen molar-refractivity contribution < 1.29 is 4.79 Å². The summed E-state index contributed by atoms with van der Waals surface area (Å²) in [5, 5.41) is 22.7. The fraction of sp³-hybridized carbons (Fsp3) is 0.206. The molecule has 0 bridgehead atoms. The number of nitrogens with zero attached hydrogens (tertiary/aromatic N) is 5. The lowest BCUT2D eigenvalue weighted by Gasteiger charge is -2.17. The van der Waals surface area contributed by atoms with Crippen molar-refractivity contribution in [3.05, 3.63) is 125 Å². The summed E-state index contributed by atoms with van der Waals surface area (Å²) in [6.45, 7) is 4.25. The molecule has 1 amide bonds. The fourth-order valence-electron chi connectivity index (χ4n) is 5.48. The molecule has 6 rings (SSSR count). The zero-order valence-corrected chi connectivity index (χ0v) is 23.8. The first-order valence-corrected chi connectivity index (χ1v) is 14.4. The van der Waals surface area contributed by atoms with Gasteiger partial charge in [0.25, 0.3) is 5.91 Å².